The third kappa shape index (κ3) is 3.89. The average Bonchev–Trinajstić information content (AvgIpc) is 2.46. The maximum absolute atomic E-state index is 12.9. The molecule has 0 aliphatic carbocycles. The van der Waals surface area contributed by atoms with Gasteiger partial charge in [0.05, 0.1) is 27.7 Å². The summed E-state index contributed by atoms with van der Waals surface area (Å²) in [6.45, 7) is 0. The highest BCUT2D eigenvalue weighted by Crippen LogP contribution is 2.45. The van der Waals surface area contributed by atoms with Crippen LogP contribution in [0.4, 0.5) is 42.1 Å². The van der Waals surface area contributed by atoms with Crippen molar-refractivity contribution in [2.45, 2.75) is 18.1 Å². The third-order valence-electron chi connectivity index (χ3n) is 2.67. The molecule has 1 rings (SSSR count). The molecule has 0 bridgehead atoms. The maximum atomic E-state index is 12.9. The highest BCUT2D eigenvalue weighted by Gasteiger charge is 2.73. The monoisotopic (exact) mass is 394 g/mol. The van der Waals surface area contributed by atoms with E-state index in [1.165, 1.54) is 0 Å². The van der Waals surface area contributed by atoms with Crippen LogP contribution in [0, 0.1) is 20.2 Å². The molecule has 16 heteroatoms. The molecule has 0 aliphatic heterocycles. The van der Waals surface area contributed by atoms with Crippen molar-refractivity contribution in [2.75, 3.05) is 0 Å². The molecule has 0 unspecified atom stereocenters. The molecule has 1 aromatic carbocycles. The van der Waals surface area contributed by atoms with Gasteiger partial charge in [-0.15, -0.1) is 0 Å². The van der Waals surface area contributed by atoms with E-state index in [1.54, 1.807) is 0 Å². The minimum Gasteiger partial charge on any atom is -0.502 e. The molecule has 0 saturated heterocycles. The van der Waals surface area contributed by atoms with E-state index in [1.807, 2.05) is 0 Å². The largest absolute Gasteiger partial charge is 0.502 e. The Labute approximate surface area is 137 Å². The van der Waals surface area contributed by atoms with Crippen molar-refractivity contribution in [3.05, 3.63) is 37.9 Å². The first-order valence-electron chi connectivity index (χ1n) is 5.90. The topological polar surface area (TPSA) is 131 Å². The lowest BCUT2D eigenvalue weighted by atomic mass is 10.1. The number of alkyl halides is 7. The van der Waals surface area contributed by atoms with Crippen molar-refractivity contribution in [3.63, 3.8) is 0 Å². The highest BCUT2D eigenvalue weighted by molar-refractivity contribution is 5.87. The van der Waals surface area contributed by atoms with Gasteiger partial charge in [0.2, 0.25) is 5.75 Å². The normalized spacial score (nSPS) is 13.0. The van der Waals surface area contributed by atoms with Crippen molar-refractivity contribution >= 4 is 17.6 Å². The summed E-state index contributed by atoms with van der Waals surface area (Å²) in [6, 6.07) is -5.25. The first kappa shape index (κ1) is 20.8. The number of nitro benzene ring substituents is 2. The molecule has 1 aromatic rings. The fourth-order valence-electron chi connectivity index (χ4n) is 1.40. The number of hydrogen-bond acceptors (Lipinski definition) is 7. The zero-order valence-electron chi connectivity index (χ0n) is 11.8. The minimum atomic E-state index is -6.63. The van der Waals surface area contributed by atoms with Gasteiger partial charge in [0.15, 0.2) is 0 Å². The van der Waals surface area contributed by atoms with Gasteiger partial charge < -0.3 is 5.11 Å². The molecule has 2 N–H and O–H groups in total. The van der Waals surface area contributed by atoms with E-state index in [4.69, 9.17) is 0 Å². The number of nitrogens with zero attached hydrogens (tertiary/aromatic N) is 3. The second-order valence-corrected chi connectivity index (χ2v) is 4.43. The van der Waals surface area contributed by atoms with Crippen LogP contribution in [0.2, 0.25) is 0 Å². The van der Waals surface area contributed by atoms with E-state index in [0.717, 1.165) is 0 Å². The number of phenols is 1. The SMILES string of the molecule is O=[N+]([O-])c1cc(/C=N/NC(F)(F)C(F)(F)C(F)(F)F)c(O)c([N+](=O)[O-])c1. The lowest BCUT2D eigenvalue weighted by molar-refractivity contribution is -0.394. The molecule has 144 valence electrons. The fourth-order valence-corrected chi connectivity index (χ4v) is 1.40. The third-order valence-corrected chi connectivity index (χ3v) is 2.67. The lowest BCUT2D eigenvalue weighted by Crippen LogP contribution is -2.58. The van der Waals surface area contributed by atoms with Crippen LogP contribution in [-0.2, 0) is 0 Å². The zero-order valence-corrected chi connectivity index (χ0v) is 11.8. The smallest absolute Gasteiger partial charge is 0.462 e. The van der Waals surface area contributed by atoms with E-state index >= 15 is 0 Å². The number of nitrogens with one attached hydrogen (secondary N) is 1. The summed E-state index contributed by atoms with van der Waals surface area (Å²) in [5.74, 6) is -7.86. The maximum Gasteiger partial charge on any atom is 0.462 e. The number of nitro groups is 2. The van der Waals surface area contributed by atoms with Crippen molar-refractivity contribution in [1.29, 1.82) is 0 Å². The van der Waals surface area contributed by atoms with Crippen molar-refractivity contribution in [2.24, 2.45) is 5.10 Å². The number of aromatic hydroxyl groups is 1. The molecule has 0 heterocycles. The number of hydrazone groups is 1. The second-order valence-electron chi connectivity index (χ2n) is 4.43. The molecule has 0 aliphatic rings. The van der Waals surface area contributed by atoms with Crippen LogP contribution in [0.1, 0.15) is 5.56 Å². The Kier molecular flexibility index (Phi) is 5.29. The average molecular weight is 394 g/mol. The summed E-state index contributed by atoms with van der Waals surface area (Å²) >= 11 is 0. The Balaban J connectivity index is 3.23. The summed E-state index contributed by atoms with van der Waals surface area (Å²) in [5.41, 5.74) is -3.04. The predicted molar refractivity (Wildman–Crippen MR) is 68.1 cm³/mol. The Morgan fingerprint density at radius 1 is 1.04 bits per heavy atom. The molecule has 0 aromatic heterocycles. The van der Waals surface area contributed by atoms with Gasteiger partial charge in [-0.1, -0.05) is 0 Å². The molecule has 9 nitrogen and oxygen atoms in total. The Morgan fingerprint density at radius 2 is 1.58 bits per heavy atom. The fraction of sp³-hybridized carbons (Fsp3) is 0.300. The zero-order chi connectivity index (χ0) is 20.5. The number of phenolic OH excluding ortho intramolecular Hbond substituents is 1. The Morgan fingerprint density at radius 3 is 2.00 bits per heavy atom. The molecule has 0 fully saturated rings. The number of rotatable bonds is 6. The Hall–Kier alpha value is -3.20. The number of halogens is 7. The van der Waals surface area contributed by atoms with Crippen LogP contribution in [0.5, 0.6) is 5.75 Å². The molecule has 0 spiro atoms. The predicted octanol–water partition coefficient (Wildman–Crippen LogP) is 2.92. The molecule has 0 amide bonds. The first-order chi connectivity index (χ1) is 11.6. The van der Waals surface area contributed by atoms with Crippen molar-refractivity contribution in [1.82, 2.24) is 5.43 Å². The lowest BCUT2D eigenvalue weighted by Gasteiger charge is -2.27. The number of benzene rings is 1. The van der Waals surface area contributed by atoms with Crippen LogP contribution in [0.15, 0.2) is 17.2 Å². The highest BCUT2D eigenvalue weighted by atomic mass is 19.4. The van der Waals surface area contributed by atoms with Gasteiger partial charge in [-0.05, 0) is 0 Å². The van der Waals surface area contributed by atoms with Gasteiger partial charge in [0.25, 0.3) is 5.69 Å². The van der Waals surface area contributed by atoms with Gasteiger partial charge in [-0.2, -0.15) is 35.8 Å². The standard InChI is InChI=1S/C10H5F7N4O5/c11-8(12,9(13,14)15)10(16,17)19-18-3-4-1-5(20(23)24)2-6(7(4)22)21(25)26/h1-3,19,22H/b18-3+. The van der Waals surface area contributed by atoms with Crippen LogP contribution >= 0.6 is 0 Å². The first-order valence-corrected chi connectivity index (χ1v) is 5.90. The molecule has 0 radical (unpaired) electrons. The molecular formula is C10H5F7N4O5. The van der Waals surface area contributed by atoms with Crippen LogP contribution in [0.3, 0.4) is 0 Å². The van der Waals surface area contributed by atoms with E-state index in [9.17, 15) is 56.1 Å². The summed E-state index contributed by atoms with van der Waals surface area (Å²) in [7, 11) is 0. The van der Waals surface area contributed by atoms with Gasteiger partial charge in [-0.3, -0.25) is 20.2 Å². The van der Waals surface area contributed by atoms with E-state index in [0.29, 0.717) is 12.1 Å². The molecule has 0 atom stereocenters. The van der Waals surface area contributed by atoms with E-state index in [2.05, 4.69) is 5.10 Å². The summed E-state index contributed by atoms with van der Waals surface area (Å²) in [5, 5.41) is 33.1. The van der Waals surface area contributed by atoms with E-state index < -0.39 is 50.7 Å². The van der Waals surface area contributed by atoms with E-state index in [-0.39, 0.29) is 11.6 Å². The van der Waals surface area contributed by atoms with Gasteiger partial charge >= 0.3 is 23.8 Å². The Bertz CT molecular complexity index is 765. The van der Waals surface area contributed by atoms with Gasteiger partial charge in [0, 0.05) is 6.07 Å². The summed E-state index contributed by atoms with van der Waals surface area (Å²) in [4.78, 5) is 18.8. The molecular weight excluding hydrogens is 389 g/mol. The summed E-state index contributed by atoms with van der Waals surface area (Å²) in [6.07, 6.45) is -6.67. The van der Waals surface area contributed by atoms with Crippen LogP contribution < -0.4 is 5.43 Å². The minimum absolute atomic E-state index is 0.0320. The second kappa shape index (κ2) is 6.60. The van der Waals surface area contributed by atoms with Crippen LogP contribution in [0.25, 0.3) is 0 Å². The number of hydrogen-bond donors (Lipinski definition) is 2. The van der Waals surface area contributed by atoms with Gasteiger partial charge in [-0.25, -0.2) is 5.43 Å². The number of non-ortho nitro benzene ring substituents is 1. The van der Waals surface area contributed by atoms with Crippen molar-refractivity contribution < 1.29 is 45.7 Å². The molecule has 26 heavy (non-hydrogen) atoms. The molecule has 0 saturated carbocycles. The van der Waals surface area contributed by atoms with Crippen LogP contribution in [-0.4, -0.2) is 39.3 Å². The quantitative estimate of drug-likeness (QED) is 0.251. The van der Waals surface area contributed by atoms with Gasteiger partial charge in [0.1, 0.15) is 0 Å². The van der Waals surface area contributed by atoms with Crippen molar-refractivity contribution in [3.8, 4) is 5.75 Å². The summed E-state index contributed by atoms with van der Waals surface area (Å²) < 4.78 is 86.9.